The van der Waals surface area contributed by atoms with Crippen molar-refractivity contribution in [3.63, 3.8) is 0 Å². The number of aliphatic hydroxyl groups excluding tert-OH is 1. The standard InChI is InChI=1S/C13H27N3O2/c1-12(2)6-5-7-13(3,4)16(12)15-11(18)10-14-8-9-17/h14,17H,5-10H2,1-4H3,(H,15,18). The van der Waals surface area contributed by atoms with Crippen molar-refractivity contribution in [1.29, 1.82) is 0 Å². The third-order valence-corrected chi connectivity index (χ3v) is 3.60. The number of hydrogen-bond donors (Lipinski definition) is 3. The molecule has 0 aromatic heterocycles. The number of aliphatic hydroxyl groups is 1. The topological polar surface area (TPSA) is 64.6 Å². The Morgan fingerprint density at radius 3 is 2.28 bits per heavy atom. The molecule has 1 aliphatic rings. The van der Waals surface area contributed by atoms with E-state index < -0.39 is 0 Å². The van der Waals surface area contributed by atoms with E-state index in [1.165, 1.54) is 6.42 Å². The van der Waals surface area contributed by atoms with E-state index in [-0.39, 0.29) is 30.1 Å². The highest BCUT2D eigenvalue weighted by Gasteiger charge is 2.42. The van der Waals surface area contributed by atoms with Gasteiger partial charge in [-0.15, -0.1) is 0 Å². The van der Waals surface area contributed by atoms with Crippen LogP contribution in [0.2, 0.25) is 0 Å². The molecule has 106 valence electrons. The van der Waals surface area contributed by atoms with Crippen LogP contribution in [-0.4, -0.2) is 46.8 Å². The molecule has 5 heteroatoms. The smallest absolute Gasteiger partial charge is 0.248 e. The van der Waals surface area contributed by atoms with Crippen molar-refractivity contribution in [1.82, 2.24) is 15.8 Å². The number of carbonyl (C=O) groups is 1. The zero-order valence-corrected chi connectivity index (χ0v) is 12.0. The summed E-state index contributed by atoms with van der Waals surface area (Å²) in [5, 5.41) is 13.6. The lowest BCUT2D eigenvalue weighted by atomic mass is 9.81. The van der Waals surface area contributed by atoms with Crippen LogP contribution in [0.5, 0.6) is 0 Å². The molecule has 5 nitrogen and oxygen atoms in total. The third-order valence-electron chi connectivity index (χ3n) is 3.60. The fraction of sp³-hybridized carbons (Fsp3) is 0.923. The molecule has 1 fully saturated rings. The number of nitrogens with zero attached hydrogens (tertiary/aromatic N) is 1. The molecular weight excluding hydrogens is 230 g/mol. The summed E-state index contributed by atoms with van der Waals surface area (Å²) in [6.07, 6.45) is 3.36. The van der Waals surface area contributed by atoms with Gasteiger partial charge in [0.05, 0.1) is 13.2 Å². The molecule has 3 N–H and O–H groups in total. The first-order valence-electron chi connectivity index (χ1n) is 6.71. The van der Waals surface area contributed by atoms with Crippen molar-refractivity contribution in [3.05, 3.63) is 0 Å². The molecule has 0 saturated carbocycles. The molecule has 1 saturated heterocycles. The van der Waals surface area contributed by atoms with Gasteiger partial charge in [-0.1, -0.05) is 0 Å². The van der Waals surface area contributed by atoms with Gasteiger partial charge in [0.15, 0.2) is 0 Å². The summed E-state index contributed by atoms with van der Waals surface area (Å²) < 4.78 is 0. The summed E-state index contributed by atoms with van der Waals surface area (Å²) in [6, 6.07) is 0. The van der Waals surface area contributed by atoms with Crippen molar-refractivity contribution in [3.8, 4) is 0 Å². The van der Waals surface area contributed by atoms with Gasteiger partial charge in [0, 0.05) is 17.6 Å². The first-order valence-corrected chi connectivity index (χ1v) is 6.71. The summed E-state index contributed by atoms with van der Waals surface area (Å²) in [6.45, 7) is 9.38. The van der Waals surface area contributed by atoms with Crippen LogP contribution in [0.1, 0.15) is 47.0 Å². The van der Waals surface area contributed by atoms with Gasteiger partial charge in [-0.25, -0.2) is 5.01 Å². The SMILES string of the molecule is CC1(C)CCCC(C)(C)N1NC(=O)CNCCO. The summed E-state index contributed by atoms with van der Waals surface area (Å²) in [5.41, 5.74) is 2.97. The van der Waals surface area contributed by atoms with Gasteiger partial charge >= 0.3 is 0 Å². The molecule has 0 aromatic carbocycles. The van der Waals surface area contributed by atoms with E-state index in [0.29, 0.717) is 6.54 Å². The maximum atomic E-state index is 11.9. The zero-order chi connectivity index (χ0) is 13.8. The minimum absolute atomic E-state index is 0.0195. The van der Waals surface area contributed by atoms with E-state index in [9.17, 15) is 4.79 Å². The van der Waals surface area contributed by atoms with Gasteiger partial charge in [0.2, 0.25) is 5.91 Å². The van der Waals surface area contributed by atoms with Gasteiger partial charge in [-0.2, -0.15) is 0 Å². The number of rotatable bonds is 5. The largest absolute Gasteiger partial charge is 0.395 e. The number of nitrogens with one attached hydrogen (secondary N) is 2. The molecular formula is C13H27N3O2. The second-order valence-corrected chi connectivity index (χ2v) is 6.25. The van der Waals surface area contributed by atoms with Gasteiger partial charge in [0.25, 0.3) is 0 Å². The van der Waals surface area contributed by atoms with Gasteiger partial charge in [-0.05, 0) is 47.0 Å². The molecule has 1 heterocycles. The molecule has 1 amide bonds. The third kappa shape index (κ3) is 3.93. The summed E-state index contributed by atoms with van der Waals surface area (Å²) >= 11 is 0. The molecule has 1 rings (SSSR count). The second-order valence-electron chi connectivity index (χ2n) is 6.25. The van der Waals surface area contributed by atoms with Crippen LogP contribution in [-0.2, 0) is 4.79 Å². The van der Waals surface area contributed by atoms with Crippen LogP contribution < -0.4 is 10.7 Å². The lowest BCUT2D eigenvalue weighted by Gasteiger charge is -2.52. The summed E-state index contributed by atoms with van der Waals surface area (Å²) in [4.78, 5) is 11.9. The Morgan fingerprint density at radius 2 is 1.78 bits per heavy atom. The average Bonchev–Trinajstić information content (AvgIpc) is 2.23. The van der Waals surface area contributed by atoms with E-state index in [0.717, 1.165) is 12.8 Å². The Hall–Kier alpha value is -0.650. The van der Waals surface area contributed by atoms with Gasteiger partial charge in [-0.3, -0.25) is 10.2 Å². The molecule has 0 aromatic rings. The first-order chi connectivity index (χ1) is 8.29. The van der Waals surface area contributed by atoms with Crippen molar-refractivity contribution >= 4 is 5.91 Å². The van der Waals surface area contributed by atoms with E-state index in [2.05, 4.69) is 43.4 Å². The number of piperidine rings is 1. The van der Waals surface area contributed by atoms with E-state index >= 15 is 0 Å². The number of hydrazine groups is 1. The van der Waals surface area contributed by atoms with Crippen molar-refractivity contribution in [2.45, 2.75) is 58.0 Å². The lowest BCUT2D eigenvalue weighted by molar-refractivity contribution is -0.138. The molecule has 0 spiro atoms. The zero-order valence-electron chi connectivity index (χ0n) is 12.0. The lowest BCUT2D eigenvalue weighted by Crippen LogP contribution is -2.66. The average molecular weight is 257 g/mol. The predicted molar refractivity (Wildman–Crippen MR) is 71.9 cm³/mol. The van der Waals surface area contributed by atoms with Crippen molar-refractivity contribution in [2.24, 2.45) is 0 Å². The van der Waals surface area contributed by atoms with Gasteiger partial charge < -0.3 is 10.4 Å². The Morgan fingerprint density at radius 1 is 1.22 bits per heavy atom. The summed E-state index contributed by atoms with van der Waals surface area (Å²) in [5.74, 6) is -0.0495. The normalized spacial score (nSPS) is 22.7. The molecule has 0 aliphatic carbocycles. The van der Waals surface area contributed by atoms with Crippen LogP contribution in [0, 0.1) is 0 Å². The van der Waals surface area contributed by atoms with Crippen LogP contribution in [0.15, 0.2) is 0 Å². The Balaban J connectivity index is 2.58. The highest BCUT2D eigenvalue weighted by molar-refractivity contribution is 5.77. The van der Waals surface area contributed by atoms with Gasteiger partial charge in [0.1, 0.15) is 0 Å². The number of hydrogen-bond acceptors (Lipinski definition) is 4. The fourth-order valence-electron chi connectivity index (χ4n) is 2.74. The van der Waals surface area contributed by atoms with Crippen LogP contribution in [0.25, 0.3) is 0 Å². The van der Waals surface area contributed by atoms with E-state index in [1.54, 1.807) is 0 Å². The Kier molecular flexibility index (Phi) is 5.13. The Bertz CT molecular complexity index is 274. The minimum Gasteiger partial charge on any atom is -0.395 e. The molecule has 0 radical (unpaired) electrons. The number of carbonyl (C=O) groups excluding carboxylic acids is 1. The highest BCUT2D eigenvalue weighted by atomic mass is 16.3. The first kappa shape index (κ1) is 15.4. The molecule has 0 unspecified atom stereocenters. The molecule has 0 bridgehead atoms. The van der Waals surface area contributed by atoms with E-state index in [4.69, 9.17) is 5.11 Å². The highest BCUT2D eigenvalue weighted by Crippen LogP contribution is 2.36. The maximum Gasteiger partial charge on any atom is 0.248 e. The number of amides is 1. The van der Waals surface area contributed by atoms with E-state index in [1.807, 2.05) is 0 Å². The summed E-state index contributed by atoms with van der Waals surface area (Å²) in [7, 11) is 0. The van der Waals surface area contributed by atoms with Crippen LogP contribution >= 0.6 is 0 Å². The van der Waals surface area contributed by atoms with Crippen LogP contribution in [0.3, 0.4) is 0 Å². The molecule has 18 heavy (non-hydrogen) atoms. The van der Waals surface area contributed by atoms with Crippen LogP contribution in [0.4, 0.5) is 0 Å². The quantitative estimate of drug-likeness (QED) is 0.633. The second kappa shape index (κ2) is 5.99. The maximum absolute atomic E-state index is 11.9. The monoisotopic (exact) mass is 257 g/mol. The van der Waals surface area contributed by atoms with Crippen molar-refractivity contribution in [2.75, 3.05) is 19.7 Å². The molecule has 0 atom stereocenters. The Labute approximate surface area is 110 Å². The fourth-order valence-corrected chi connectivity index (χ4v) is 2.74. The molecule has 1 aliphatic heterocycles. The predicted octanol–water partition coefficient (Wildman–Crippen LogP) is 0.643. The minimum atomic E-state index is -0.0495. The van der Waals surface area contributed by atoms with Crippen molar-refractivity contribution < 1.29 is 9.90 Å².